The summed E-state index contributed by atoms with van der Waals surface area (Å²) in [5.74, 6) is 0.367. The maximum Gasteiger partial charge on any atom is 0.328 e. The van der Waals surface area contributed by atoms with Crippen molar-refractivity contribution in [3.8, 4) is 11.4 Å². The van der Waals surface area contributed by atoms with Gasteiger partial charge in [0.1, 0.15) is 0 Å². The Morgan fingerprint density at radius 1 is 1.27 bits per heavy atom. The van der Waals surface area contributed by atoms with Crippen LogP contribution in [0.4, 0.5) is 0 Å². The smallest absolute Gasteiger partial charge is 0.328 e. The Labute approximate surface area is 147 Å². The first-order valence-electron chi connectivity index (χ1n) is 7.89. The lowest BCUT2D eigenvalue weighted by molar-refractivity contribution is -0.130. The van der Waals surface area contributed by atoms with Crippen LogP contribution in [0.2, 0.25) is 0 Å². The molecule has 0 unspecified atom stereocenters. The van der Waals surface area contributed by atoms with E-state index in [1.54, 1.807) is 11.9 Å². The highest BCUT2D eigenvalue weighted by atomic mass is 16.2. The van der Waals surface area contributed by atoms with Crippen LogP contribution in [-0.4, -0.2) is 48.0 Å². The maximum atomic E-state index is 12.3. The molecule has 0 fully saturated rings. The van der Waals surface area contributed by atoms with Crippen molar-refractivity contribution in [2.45, 2.75) is 19.5 Å². The molecule has 0 aliphatic rings. The fraction of sp³-hybridized carbons (Fsp3) is 0.250. The summed E-state index contributed by atoms with van der Waals surface area (Å²) in [6, 6.07) is 8.76. The number of tetrazole rings is 1. The summed E-state index contributed by atoms with van der Waals surface area (Å²) in [5, 5.41) is 13.8. The fourth-order valence-corrected chi connectivity index (χ4v) is 2.48. The molecule has 10 heteroatoms. The van der Waals surface area contributed by atoms with E-state index in [0.717, 1.165) is 11.1 Å². The molecule has 2 heterocycles. The highest BCUT2D eigenvalue weighted by Gasteiger charge is 2.11. The molecule has 3 rings (SSSR count). The predicted octanol–water partition coefficient (Wildman–Crippen LogP) is -0.235. The highest BCUT2D eigenvalue weighted by molar-refractivity contribution is 5.75. The largest absolute Gasteiger partial charge is 0.341 e. The third-order valence-electron chi connectivity index (χ3n) is 3.84. The van der Waals surface area contributed by atoms with Crippen LogP contribution in [-0.2, 0) is 17.9 Å². The quantitative estimate of drug-likeness (QED) is 0.628. The number of rotatable bonds is 6. The van der Waals surface area contributed by atoms with Crippen molar-refractivity contribution in [3.05, 3.63) is 62.9 Å². The molecule has 0 bridgehead atoms. The van der Waals surface area contributed by atoms with E-state index in [-0.39, 0.29) is 18.9 Å². The summed E-state index contributed by atoms with van der Waals surface area (Å²) in [6.45, 7) is 0.604. The number of aromatic nitrogens is 6. The van der Waals surface area contributed by atoms with Crippen molar-refractivity contribution in [2.75, 3.05) is 7.05 Å². The molecular weight excluding hydrogens is 338 g/mol. The van der Waals surface area contributed by atoms with Gasteiger partial charge in [0, 0.05) is 44.4 Å². The van der Waals surface area contributed by atoms with Gasteiger partial charge in [0.25, 0.3) is 5.56 Å². The van der Waals surface area contributed by atoms with E-state index in [2.05, 4.69) is 25.6 Å². The van der Waals surface area contributed by atoms with E-state index in [1.165, 1.54) is 16.8 Å². The molecule has 26 heavy (non-hydrogen) atoms. The van der Waals surface area contributed by atoms with E-state index in [0.29, 0.717) is 12.4 Å². The average molecular weight is 355 g/mol. The topological polar surface area (TPSA) is 130 Å². The van der Waals surface area contributed by atoms with Gasteiger partial charge in [-0.3, -0.25) is 14.6 Å². The molecule has 0 atom stereocenters. The average Bonchev–Trinajstić information content (AvgIpc) is 3.15. The molecule has 0 saturated carbocycles. The first kappa shape index (κ1) is 17.3. The van der Waals surface area contributed by atoms with Gasteiger partial charge in [0.15, 0.2) is 0 Å². The van der Waals surface area contributed by atoms with Crippen LogP contribution < -0.4 is 11.2 Å². The van der Waals surface area contributed by atoms with Crippen LogP contribution in [0, 0.1) is 0 Å². The molecule has 2 N–H and O–H groups in total. The van der Waals surface area contributed by atoms with Crippen molar-refractivity contribution in [3.63, 3.8) is 0 Å². The summed E-state index contributed by atoms with van der Waals surface area (Å²) in [5.41, 5.74) is 0.734. The number of benzene rings is 1. The number of H-pyrrole nitrogens is 2. The van der Waals surface area contributed by atoms with E-state index in [1.807, 2.05) is 24.3 Å². The first-order valence-corrected chi connectivity index (χ1v) is 7.89. The summed E-state index contributed by atoms with van der Waals surface area (Å²) in [4.78, 5) is 38.7. The summed E-state index contributed by atoms with van der Waals surface area (Å²) < 4.78 is 1.30. The lowest BCUT2D eigenvalue weighted by atomic mass is 10.1. The number of carbonyl (C=O) groups excluding carboxylic acids is 1. The zero-order valence-electron chi connectivity index (χ0n) is 14.0. The molecule has 2 aromatic heterocycles. The van der Waals surface area contributed by atoms with Crippen LogP contribution in [0.25, 0.3) is 11.4 Å². The molecule has 0 aliphatic carbocycles. The van der Waals surface area contributed by atoms with Gasteiger partial charge in [-0.25, -0.2) is 4.79 Å². The van der Waals surface area contributed by atoms with Crippen LogP contribution in [0.15, 0.2) is 46.1 Å². The lowest BCUT2D eigenvalue weighted by Crippen LogP contribution is -2.32. The summed E-state index contributed by atoms with van der Waals surface area (Å²) in [7, 11) is 1.69. The van der Waals surface area contributed by atoms with Gasteiger partial charge < -0.3 is 9.47 Å². The molecule has 3 aromatic rings. The number of aryl methyl sites for hydroxylation is 1. The number of carbonyl (C=O) groups is 1. The molecular formula is C16H17N7O3. The van der Waals surface area contributed by atoms with Gasteiger partial charge in [-0.15, -0.1) is 10.2 Å². The normalized spacial score (nSPS) is 10.7. The second-order valence-electron chi connectivity index (χ2n) is 5.74. The number of aromatic amines is 2. The van der Waals surface area contributed by atoms with E-state index < -0.39 is 11.2 Å². The molecule has 0 saturated heterocycles. The second-order valence-corrected chi connectivity index (χ2v) is 5.74. The zero-order valence-corrected chi connectivity index (χ0v) is 14.0. The Morgan fingerprint density at radius 2 is 2.12 bits per heavy atom. The van der Waals surface area contributed by atoms with Gasteiger partial charge in [-0.2, -0.15) is 5.21 Å². The van der Waals surface area contributed by atoms with Crippen LogP contribution in [0.1, 0.15) is 12.0 Å². The highest BCUT2D eigenvalue weighted by Crippen LogP contribution is 2.16. The number of hydrogen-bond donors (Lipinski definition) is 2. The van der Waals surface area contributed by atoms with Crippen molar-refractivity contribution < 1.29 is 4.79 Å². The third-order valence-corrected chi connectivity index (χ3v) is 3.84. The molecule has 134 valence electrons. The number of amides is 1. The van der Waals surface area contributed by atoms with Crippen molar-refractivity contribution in [2.24, 2.45) is 0 Å². The minimum atomic E-state index is -0.527. The Morgan fingerprint density at radius 3 is 2.85 bits per heavy atom. The van der Waals surface area contributed by atoms with Gasteiger partial charge in [-0.1, -0.05) is 18.2 Å². The monoisotopic (exact) mass is 355 g/mol. The van der Waals surface area contributed by atoms with Gasteiger partial charge in [-0.05, 0) is 16.8 Å². The van der Waals surface area contributed by atoms with Crippen molar-refractivity contribution >= 4 is 5.91 Å². The van der Waals surface area contributed by atoms with Crippen molar-refractivity contribution in [1.82, 2.24) is 35.1 Å². The maximum absolute atomic E-state index is 12.3. The SMILES string of the molecule is CN(Cc1cccc(-c2nn[nH]n2)c1)C(=O)CCn1ccc(=O)[nH]c1=O. The zero-order chi connectivity index (χ0) is 18.5. The summed E-state index contributed by atoms with van der Waals surface area (Å²) >= 11 is 0. The Hall–Kier alpha value is -3.56. The van der Waals surface area contributed by atoms with Crippen LogP contribution in [0.5, 0.6) is 0 Å². The molecule has 0 radical (unpaired) electrons. The molecule has 10 nitrogen and oxygen atoms in total. The Balaban J connectivity index is 1.61. The fourth-order valence-electron chi connectivity index (χ4n) is 2.48. The second kappa shape index (κ2) is 7.55. The Bertz CT molecular complexity index is 1010. The number of hydrogen-bond acceptors (Lipinski definition) is 6. The molecule has 0 aliphatic heterocycles. The van der Waals surface area contributed by atoms with Crippen LogP contribution >= 0.6 is 0 Å². The van der Waals surface area contributed by atoms with Gasteiger partial charge in [0.05, 0.1) is 0 Å². The Kier molecular flexibility index (Phi) is 5.02. The first-order chi connectivity index (χ1) is 12.5. The minimum absolute atomic E-state index is 0.118. The molecule has 1 amide bonds. The molecule has 1 aromatic carbocycles. The third kappa shape index (κ3) is 4.09. The van der Waals surface area contributed by atoms with E-state index in [9.17, 15) is 14.4 Å². The number of nitrogens with zero attached hydrogens (tertiary/aromatic N) is 5. The van der Waals surface area contributed by atoms with Crippen molar-refractivity contribution in [1.29, 1.82) is 0 Å². The standard InChI is InChI=1S/C16H17N7O3/c1-22(14(25)6-8-23-7-5-13(24)17-16(23)26)10-11-3-2-4-12(9-11)15-18-20-21-19-15/h2-5,7,9H,6,8,10H2,1H3,(H,17,24,26)(H,18,19,20,21). The van der Waals surface area contributed by atoms with E-state index in [4.69, 9.17) is 0 Å². The minimum Gasteiger partial charge on any atom is -0.341 e. The van der Waals surface area contributed by atoms with Gasteiger partial charge in [0.2, 0.25) is 11.7 Å². The lowest BCUT2D eigenvalue weighted by Gasteiger charge is -2.18. The predicted molar refractivity (Wildman–Crippen MR) is 92.0 cm³/mol. The molecule has 0 spiro atoms. The number of nitrogens with one attached hydrogen (secondary N) is 2. The van der Waals surface area contributed by atoms with Crippen LogP contribution in [0.3, 0.4) is 0 Å². The summed E-state index contributed by atoms with van der Waals surface area (Å²) in [6.07, 6.45) is 1.52. The van der Waals surface area contributed by atoms with Gasteiger partial charge >= 0.3 is 5.69 Å². The van der Waals surface area contributed by atoms with E-state index >= 15 is 0 Å².